The van der Waals surface area contributed by atoms with Crippen LogP contribution in [0.25, 0.3) is 10.4 Å². The number of ether oxygens (including phenoxy) is 2. The van der Waals surface area contributed by atoms with Gasteiger partial charge < -0.3 is 20.1 Å². The molecule has 35 heavy (non-hydrogen) atoms. The molecular formula is C26H23N3O5S. The van der Waals surface area contributed by atoms with E-state index in [9.17, 15) is 14.9 Å². The van der Waals surface area contributed by atoms with Crippen molar-refractivity contribution in [2.24, 2.45) is 0 Å². The zero-order valence-corrected chi connectivity index (χ0v) is 19.9. The molecule has 0 saturated carbocycles. The highest BCUT2D eigenvalue weighted by Crippen LogP contribution is 2.33. The Morgan fingerprint density at radius 2 is 1.74 bits per heavy atom. The molecule has 0 radical (unpaired) electrons. The number of nitro benzene ring substituents is 1. The summed E-state index contributed by atoms with van der Waals surface area (Å²) >= 11 is 1.49. The fraction of sp³-hybridized carbons (Fsp3) is 0.115. The molecule has 0 aliphatic rings. The minimum Gasteiger partial charge on any atom is -0.493 e. The Balaban J connectivity index is 1.42. The number of hydrogen-bond acceptors (Lipinski definition) is 7. The van der Waals surface area contributed by atoms with Crippen LogP contribution < -0.4 is 20.1 Å². The molecule has 1 aromatic heterocycles. The summed E-state index contributed by atoms with van der Waals surface area (Å²) in [5.74, 6) is 0.855. The maximum Gasteiger partial charge on any atom is 0.293 e. The van der Waals surface area contributed by atoms with Gasteiger partial charge in [0, 0.05) is 34.8 Å². The van der Waals surface area contributed by atoms with Crippen molar-refractivity contribution in [3.8, 4) is 21.9 Å². The highest BCUT2D eigenvalue weighted by molar-refractivity contribution is 7.13. The summed E-state index contributed by atoms with van der Waals surface area (Å²) in [6.45, 7) is 0.535. The number of nitrogens with zero attached hydrogens (tertiary/aromatic N) is 1. The highest BCUT2D eigenvalue weighted by Gasteiger charge is 2.18. The van der Waals surface area contributed by atoms with E-state index in [1.807, 2.05) is 47.8 Å². The molecule has 0 spiro atoms. The number of nitrogens with one attached hydrogen (secondary N) is 2. The Morgan fingerprint density at radius 3 is 2.40 bits per heavy atom. The van der Waals surface area contributed by atoms with E-state index in [4.69, 9.17) is 9.47 Å². The first-order valence-electron chi connectivity index (χ1n) is 10.7. The minimum atomic E-state index is -0.490. The second kappa shape index (κ2) is 10.7. The second-order valence-electron chi connectivity index (χ2n) is 7.54. The van der Waals surface area contributed by atoms with Crippen LogP contribution in [0.2, 0.25) is 0 Å². The van der Waals surface area contributed by atoms with Gasteiger partial charge in [-0.25, -0.2) is 0 Å². The molecule has 4 rings (SSSR count). The quantitative estimate of drug-likeness (QED) is 0.214. The fourth-order valence-corrected chi connectivity index (χ4v) is 4.23. The van der Waals surface area contributed by atoms with Gasteiger partial charge in [0.15, 0.2) is 11.5 Å². The van der Waals surface area contributed by atoms with Crippen LogP contribution in [0.3, 0.4) is 0 Å². The van der Waals surface area contributed by atoms with E-state index in [1.165, 1.54) is 17.4 Å². The fourth-order valence-electron chi connectivity index (χ4n) is 3.50. The average Bonchev–Trinajstić information content (AvgIpc) is 3.42. The van der Waals surface area contributed by atoms with Gasteiger partial charge in [-0.05, 0) is 52.9 Å². The zero-order chi connectivity index (χ0) is 24.8. The topological polar surface area (TPSA) is 103 Å². The van der Waals surface area contributed by atoms with Crippen molar-refractivity contribution in [2.45, 2.75) is 6.54 Å². The Kier molecular flexibility index (Phi) is 7.27. The van der Waals surface area contributed by atoms with E-state index < -0.39 is 10.8 Å². The van der Waals surface area contributed by atoms with Crippen molar-refractivity contribution >= 4 is 34.3 Å². The maximum atomic E-state index is 12.8. The zero-order valence-electron chi connectivity index (χ0n) is 19.1. The number of nitro groups is 1. The summed E-state index contributed by atoms with van der Waals surface area (Å²) in [4.78, 5) is 24.8. The number of hydrogen-bond donors (Lipinski definition) is 2. The first kappa shape index (κ1) is 23.8. The molecule has 0 aliphatic carbocycles. The molecule has 3 aromatic carbocycles. The molecule has 4 aromatic rings. The van der Waals surface area contributed by atoms with Crippen molar-refractivity contribution < 1.29 is 19.2 Å². The monoisotopic (exact) mass is 489 g/mol. The molecular weight excluding hydrogens is 466 g/mol. The lowest BCUT2D eigenvalue weighted by atomic mass is 10.1. The molecule has 0 bridgehead atoms. The van der Waals surface area contributed by atoms with Gasteiger partial charge in [0.1, 0.15) is 5.69 Å². The van der Waals surface area contributed by atoms with Gasteiger partial charge in [-0.15, -0.1) is 11.3 Å². The van der Waals surface area contributed by atoms with Crippen LogP contribution in [0.4, 0.5) is 17.1 Å². The number of methoxy groups -OCH3 is 2. The smallest absolute Gasteiger partial charge is 0.293 e. The minimum absolute atomic E-state index is 0.152. The van der Waals surface area contributed by atoms with Crippen LogP contribution in [0, 0.1) is 10.1 Å². The predicted octanol–water partition coefficient (Wildman–Crippen LogP) is 6.20. The summed E-state index contributed by atoms with van der Waals surface area (Å²) in [5, 5.41) is 19.5. The van der Waals surface area contributed by atoms with Gasteiger partial charge in [0.25, 0.3) is 11.6 Å². The highest BCUT2D eigenvalue weighted by atomic mass is 32.1. The van der Waals surface area contributed by atoms with Gasteiger partial charge in [-0.1, -0.05) is 24.3 Å². The van der Waals surface area contributed by atoms with Gasteiger partial charge in [0.2, 0.25) is 0 Å². The SMILES string of the molecule is COc1ccc(NCc2ccc(C(=O)Nc3ccc(-c4cccs4)cc3[N+](=O)[O-])cc2)cc1OC. The normalized spacial score (nSPS) is 10.5. The van der Waals surface area contributed by atoms with E-state index in [1.54, 1.807) is 38.5 Å². The number of rotatable bonds is 9. The van der Waals surface area contributed by atoms with Crippen LogP contribution >= 0.6 is 11.3 Å². The Bertz CT molecular complexity index is 1340. The largest absolute Gasteiger partial charge is 0.493 e. The molecule has 0 fully saturated rings. The summed E-state index contributed by atoms with van der Waals surface area (Å²) in [6, 6.07) is 21.2. The first-order valence-corrected chi connectivity index (χ1v) is 11.5. The number of amides is 1. The summed E-state index contributed by atoms with van der Waals surface area (Å²) < 4.78 is 10.6. The second-order valence-corrected chi connectivity index (χ2v) is 8.49. The number of carbonyl (C=O) groups excluding carboxylic acids is 1. The molecule has 9 heteroatoms. The van der Waals surface area contributed by atoms with Crippen molar-refractivity contribution in [3.05, 3.63) is 99.4 Å². The summed E-state index contributed by atoms with van der Waals surface area (Å²) in [5.41, 5.74) is 2.96. The van der Waals surface area contributed by atoms with Crippen molar-refractivity contribution in [2.75, 3.05) is 24.9 Å². The van der Waals surface area contributed by atoms with Gasteiger partial charge in [0.05, 0.1) is 19.1 Å². The summed E-state index contributed by atoms with van der Waals surface area (Å²) in [7, 11) is 3.17. The van der Waals surface area contributed by atoms with Gasteiger partial charge in [-0.3, -0.25) is 14.9 Å². The molecule has 1 heterocycles. The molecule has 8 nitrogen and oxygen atoms in total. The van der Waals surface area contributed by atoms with Crippen LogP contribution in [0.1, 0.15) is 15.9 Å². The standard InChI is InChI=1S/C26H23N3O5S/c1-33-23-12-10-20(15-24(23)34-2)27-16-17-5-7-18(8-6-17)26(30)28-21-11-9-19(14-22(21)29(31)32)25-4-3-13-35-25/h3-15,27H,16H2,1-2H3,(H,28,30). The van der Waals surface area contributed by atoms with Crippen LogP contribution in [-0.2, 0) is 6.54 Å². The lowest BCUT2D eigenvalue weighted by Gasteiger charge is -2.12. The summed E-state index contributed by atoms with van der Waals surface area (Å²) in [6.07, 6.45) is 0. The van der Waals surface area contributed by atoms with E-state index in [0.717, 1.165) is 21.7 Å². The lowest BCUT2D eigenvalue weighted by molar-refractivity contribution is -0.383. The molecule has 2 N–H and O–H groups in total. The van der Waals surface area contributed by atoms with Crippen LogP contribution in [0.5, 0.6) is 11.5 Å². The lowest BCUT2D eigenvalue weighted by Crippen LogP contribution is -2.13. The third-order valence-electron chi connectivity index (χ3n) is 5.34. The van der Waals surface area contributed by atoms with Crippen molar-refractivity contribution in [3.63, 3.8) is 0 Å². The Labute approximate surface area is 206 Å². The maximum absolute atomic E-state index is 12.8. The predicted molar refractivity (Wildman–Crippen MR) is 138 cm³/mol. The average molecular weight is 490 g/mol. The van der Waals surface area contributed by atoms with E-state index >= 15 is 0 Å². The molecule has 0 unspecified atom stereocenters. The number of carbonyl (C=O) groups is 1. The van der Waals surface area contributed by atoms with E-state index in [2.05, 4.69) is 10.6 Å². The third kappa shape index (κ3) is 5.59. The van der Waals surface area contributed by atoms with Crippen LogP contribution in [0.15, 0.2) is 78.2 Å². The molecule has 0 saturated heterocycles. The Morgan fingerprint density at radius 1 is 0.971 bits per heavy atom. The van der Waals surface area contributed by atoms with Gasteiger partial charge >= 0.3 is 0 Å². The Hall–Kier alpha value is -4.37. The van der Waals surface area contributed by atoms with Gasteiger partial charge in [-0.2, -0.15) is 0 Å². The number of thiophene rings is 1. The molecule has 0 aliphatic heterocycles. The van der Waals surface area contributed by atoms with E-state index in [-0.39, 0.29) is 11.4 Å². The first-order chi connectivity index (χ1) is 17.0. The van der Waals surface area contributed by atoms with Crippen molar-refractivity contribution in [1.29, 1.82) is 0 Å². The molecule has 1 amide bonds. The van der Waals surface area contributed by atoms with Crippen molar-refractivity contribution in [1.82, 2.24) is 0 Å². The number of benzene rings is 3. The molecule has 178 valence electrons. The van der Waals surface area contributed by atoms with Crippen LogP contribution in [-0.4, -0.2) is 25.1 Å². The molecule has 0 atom stereocenters. The third-order valence-corrected chi connectivity index (χ3v) is 6.26. The number of anilines is 2. The van der Waals surface area contributed by atoms with E-state index in [0.29, 0.717) is 23.6 Å².